The summed E-state index contributed by atoms with van der Waals surface area (Å²) in [5.41, 5.74) is 1.54. The van der Waals surface area contributed by atoms with Crippen LogP contribution >= 0.6 is 0 Å². The van der Waals surface area contributed by atoms with Crippen LogP contribution in [0.2, 0.25) is 0 Å². The van der Waals surface area contributed by atoms with Crippen molar-refractivity contribution in [2.75, 3.05) is 11.9 Å². The summed E-state index contributed by atoms with van der Waals surface area (Å²) in [7, 11) is 0. The molecule has 0 spiro atoms. The van der Waals surface area contributed by atoms with Crippen LogP contribution in [0.1, 0.15) is 39.2 Å². The van der Waals surface area contributed by atoms with Gasteiger partial charge in [-0.1, -0.05) is 26.0 Å². The van der Waals surface area contributed by atoms with Crippen LogP contribution in [0.15, 0.2) is 24.3 Å². The van der Waals surface area contributed by atoms with Gasteiger partial charge in [-0.3, -0.25) is 9.59 Å². The Morgan fingerprint density at radius 3 is 2.48 bits per heavy atom. The Labute approximate surface area is 149 Å². The molecule has 6 heteroatoms. The average molecular weight is 348 g/mol. The maximum atomic E-state index is 12.3. The average Bonchev–Trinajstić information content (AvgIpc) is 2.93. The van der Waals surface area contributed by atoms with Gasteiger partial charge in [0.2, 0.25) is 5.91 Å². The fourth-order valence-corrected chi connectivity index (χ4v) is 3.07. The lowest BCUT2D eigenvalue weighted by Crippen LogP contribution is -2.37. The maximum Gasteiger partial charge on any atom is 0.253 e. The fraction of sp³-hybridized carbons (Fsp3) is 0.579. The molecule has 1 aromatic carbocycles. The van der Waals surface area contributed by atoms with E-state index in [1.54, 1.807) is 12.1 Å². The molecular weight excluding hydrogens is 320 g/mol. The summed E-state index contributed by atoms with van der Waals surface area (Å²) in [6, 6.07) is 6.99. The molecule has 1 saturated heterocycles. The quantitative estimate of drug-likeness (QED) is 0.702. The molecule has 1 aliphatic rings. The second kappa shape index (κ2) is 8.97. The van der Waals surface area contributed by atoms with E-state index in [0.29, 0.717) is 12.1 Å². The Hall–Kier alpha value is -1.92. The monoisotopic (exact) mass is 348 g/mol. The topological polar surface area (TPSA) is 87.7 Å². The molecule has 1 heterocycles. The number of aliphatic hydroxyl groups is 1. The van der Waals surface area contributed by atoms with Gasteiger partial charge >= 0.3 is 0 Å². The smallest absolute Gasteiger partial charge is 0.253 e. The predicted octanol–water partition coefficient (Wildman–Crippen LogP) is 1.87. The highest BCUT2D eigenvalue weighted by molar-refractivity contribution is 5.94. The number of benzene rings is 1. The highest BCUT2D eigenvalue weighted by atomic mass is 16.5. The number of rotatable bonds is 7. The third-order valence-electron chi connectivity index (χ3n) is 4.52. The van der Waals surface area contributed by atoms with E-state index in [4.69, 9.17) is 9.84 Å². The van der Waals surface area contributed by atoms with E-state index in [9.17, 15) is 9.59 Å². The van der Waals surface area contributed by atoms with Gasteiger partial charge < -0.3 is 20.5 Å². The number of carbonyl (C=O) groups is 2. The number of amides is 2. The van der Waals surface area contributed by atoms with Crippen LogP contribution in [0.5, 0.6) is 0 Å². The van der Waals surface area contributed by atoms with Crippen LogP contribution in [0.25, 0.3) is 0 Å². The van der Waals surface area contributed by atoms with E-state index >= 15 is 0 Å². The van der Waals surface area contributed by atoms with Gasteiger partial charge in [-0.25, -0.2) is 0 Å². The molecule has 0 radical (unpaired) electrons. The molecule has 2 rings (SSSR count). The number of hydrogen-bond acceptors (Lipinski definition) is 4. The SMILES string of the molecule is CC[C@H](CO)NC(=O)Cc1ccc(NC(=O)[C@@H]2O[C@@H](C)C[C@H]2C)cc1. The van der Waals surface area contributed by atoms with Crippen LogP contribution in [0, 0.1) is 5.92 Å². The molecule has 1 aliphatic heterocycles. The zero-order valence-corrected chi connectivity index (χ0v) is 15.1. The second-order valence-corrected chi connectivity index (χ2v) is 6.80. The Kier molecular flexibility index (Phi) is 6.96. The summed E-state index contributed by atoms with van der Waals surface area (Å²) in [5.74, 6) is -0.0491. The molecule has 4 atom stereocenters. The minimum atomic E-state index is -0.412. The number of ether oxygens (including phenoxy) is 1. The summed E-state index contributed by atoms with van der Waals surface area (Å²) < 4.78 is 5.66. The van der Waals surface area contributed by atoms with Gasteiger partial charge in [0, 0.05) is 5.69 Å². The van der Waals surface area contributed by atoms with E-state index < -0.39 is 6.10 Å². The molecule has 0 saturated carbocycles. The van der Waals surface area contributed by atoms with Gasteiger partial charge in [-0.2, -0.15) is 0 Å². The van der Waals surface area contributed by atoms with Crippen molar-refractivity contribution in [3.8, 4) is 0 Å². The Balaban J connectivity index is 1.87. The summed E-state index contributed by atoms with van der Waals surface area (Å²) in [6.45, 7) is 5.84. The van der Waals surface area contributed by atoms with Crippen LogP contribution in [0.3, 0.4) is 0 Å². The van der Waals surface area contributed by atoms with Crippen molar-refractivity contribution in [3.05, 3.63) is 29.8 Å². The lowest BCUT2D eigenvalue weighted by molar-refractivity contribution is -0.127. The first-order valence-corrected chi connectivity index (χ1v) is 8.88. The number of hydrogen-bond donors (Lipinski definition) is 3. The van der Waals surface area contributed by atoms with E-state index in [0.717, 1.165) is 12.0 Å². The Morgan fingerprint density at radius 1 is 1.28 bits per heavy atom. The minimum Gasteiger partial charge on any atom is -0.394 e. The van der Waals surface area contributed by atoms with Crippen molar-refractivity contribution >= 4 is 17.5 Å². The first-order chi connectivity index (χ1) is 11.9. The van der Waals surface area contributed by atoms with Crippen molar-refractivity contribution in [1.82, 2.24) is 5.32 Å². The normalized spacial score (nSPS) is 23.9. The zero-order valence-electron chi connectivity index (χ0n) is 15.1. The summed E-state index contributed by atoms with van der Waals surface area (Å²) >= 11 is 0. The van der Waals surface area contributed by atoms with Gasteiger partial charge in [-0.05, 0) is 43.4 Å². The number of nitrogens with one attached hydrogen (secondary N) is 2. The summed E-state index contributed by atoms with van der Waals surface area (Å²) in [6.07, 6.45) is 1.51. The fourth-order valence-electron chi connectivity index (χ4n) is 3.07. The standard InChI is InChI=1S/C19H28N2O4/c1-4-15(11-22)20-17(23)10-14-5-7-16(8-6-14)21-19(24)18-12(2)9-13(3)25-18/h5-8,12-13,15,18,22H,4,9-11H2,1-3H3,(H,20,23)(H,21,24)/t12-,13+,15-,18-/m1/s1. The van der Waals surface area contributed by atoms with Crippen LogP contribution in [-0.4, -0.2) is 41.8 Å². The number of aliphatic hydroxyl groups excluding tert-OH is 1. The van der Waals surface area contributed by atoms with Gasteiger partial charge in [0.15, 0.2) is 0 Å². The number of anilines is 1. The van der Waals surface area contributed by atoms with E-state index in [2.05, 4.69) is 10.6 Å². The first-order valence-electron chi connectivity index (χ1n) is 8.88. The van der Waals surface area contributed by atoms with Gasteiger partial charge in [0.1, 0.15) is 6.10 Å². The second-order valence-electron chi connectivity index (χ2n) is 6.80. The molecule has 1 fully saturated rings. The van der Waals surface area contributed by atoms with Gasteiger partial charge in [-0.15, -0.1) is 0 Å². The lowest BCUT2D eigenvalue weighted by atomic mass is 10.0. The first kappa shape index (κ1) is 19.4. The van der Waals surface area contributed by atoms with E-state index in [1.165, 1.54) is 0 Å². The largest absolute Gasteiger partial charge is 0.394 e. The highest BCUT2D eigenvalue weighted by Crippen LogP contribution is 2.26. The molecule has 138 valence electrons. The molecular formula is C19H28N2O4. The van der Waals surface area contributed by atoms with Crippen LogP contribution < -0.4 is 10.6 Å². The zero-order chi connectivity index (χ0) is 18.4. The van der Waals surface area contributed by atoms with Crippen molar-refractivity contribution in [1.29, 1.82) is 0 Å². The van der Waals surface area contributed by atoms with Crippen molar-refractivity contribution in [3.63, 3.8) is 0 Å². The molecule has 0 aliphatic carbocycles. The van der Waals surface area contributed by atoms with Crippen molar-refractivity contribution in [2.45, 2.75) is 58.3 Å². The van der Waals surface area contributed by atoms with Crippen molar-refractivity contribution < 1.29 is 19.4 Å². The predicted molar refractivity (Wildman–Crippen MR) is 96.2 cm³/mol. The molecule has 3 N–H and O–H groups in total. The molecule has 2 amide bonds. The molecule has 1 aromatic rings. The van der Waals surface area contributed by atoms with Crippen molar-refractivity contribution in [2.24, 2.45) is 5.92 Å². The Morgan fingerprint density at radius 2 is 1.96 bits per heavy atom. The highest BCUT2D eigenvalue weighted by Gasteiger charge is 2.34. The molecule has 6 nitrogen and oxygen atoms in total. The third kappa shape index (κ3) is 5.54. The van der Waals surface area contributed by atoms with Gasteiger partial charge in [0.25, 0.3) is 5.91 Å². The molecule has 0 unspecified atom stereocenters. The number of carbonyl (C=O) groups excluding carboxylic acids is 2. The molecule has 0 bridgehead atoms. The van der Waals surface area contributed by atoms with E-state index in [-0.39, 0.29) is 42.9 Å². The third-order valence-corrected chi connectivity index (χ3v) is 4.52. The van der Waals surface area contributed by atoms with Crippen LogP contribution in [-0.2, 0) is 20.7 Å². The lowest BCUT2D eigenvalue weighted by Gasteiger charge is -2.15. The van der Waals surface area contributed by atoms with E-state index in [1.807, 2.05) is 32.9 Å². The molecule has 25 heavy (non-hydrogen) atoms. The molecule has 0 aromatic heterocycles. The summed E-state index contributed by atoms with van der Waals surface area (Å²) in [5, 5.41) is 14.8. The maximum absolute atomic E-state index is 12.3. The van der Waals surface area contributed by atoms with Crippen LogP contribution in [0.4, 0.5) is 5.69 Å². The summed E-state index contributed by atoms with van der Waals surface area (Å²) in [4.78, 5) is 24.2. The van der Waals surface area contributed by atoms with Gasteiger partial charge in [0.05, 0.1) is 25.2 Å². The minimum absolute atomic E-state index is 0.0620. The Bertz CT molecular complexity index is 584.